The van der Waals surface area contributed by atoms with Gasteiger partial charge in [-0.25, -0.2) is 0 Å². The van der Waals surface area contributed by atoms with Gasteiger partial charge in [0.2, 0.25) is 0 Å². The Hall–Kier alpha value is -1.49. The number of aliphatic hydroxyl groups excluding tert-OH is 1. The molecule has 1 heterocycles. The summed E-state index contributed by atoms with van der Waals surface area (Å²) in [6.07, 6.45) is -5.04. The van der Waals surface area contributed by atoms with Crippen molar-refractivity contribution in [2.75, 3.05) is 0 Å². The summed E-state index contributed by atoms with van der Waals surface area (Å²) >= 11 is 0. The molecular formula is C12H12F3NO. The molecule has 0 aliphatic carbocycles. The van der Waals surface area contributed by atoms with Gasteiger partial charge >= 0.3 is 6.18 Å². The van der Waals surface area contributed by atoms with Crippen LogP contribution in [-0.2, 0) is 13.2 Å². The van der Waals surface area contributed by atoms with Gasteiger partial charge in [0, 0.05) is 23.6 Å². The highest BCUT2D eigenvalue weighted by atomic mass is 19.4. The molecule has 0 fully saturated rings. The molecule has 0 saturated carbocycles. The van der Waals surface area contributed by atoms with Gasteiger partial charge in [-0.1, -0.05) is 0 Å². The van der Waals surface area contributed by atoms with Gasteiger partial charge in [0.15, 0.2) is 0 Å². The number of aliphatic hydroxyl groups is 1. The van der Waals surface area contributed by atoms with Crippen LogP contribution in [0.4, 0.5) is 13.2 Å². The van der Waals surface area contributed by atoms with Crippen LogP contribution >= 0.6 is 0 Å². The molecule has 0 radical (unpaired) electrons. The number of halogens is 3. The molecule has 0 bridgehead atoms. The van der Waals surface area contributed by atoms with Crippen molar-refractivity contribution in [2.45, 2.75) is 19.2 Å². The van der Waals surface area contributed by atoms with Crippen molar-refractivity contribution >= 4 is 10.9 Å². The topological polar surface area (TPSA) is 25.2 Å². The Labute approximate surface area is 96.3 Å². The van der Waals surface area contributed by atoms with Crippen LogP contribution in [0.25, 0.3) is 10.9 Å². The normalized spacial score (nSPS) is 14.2. The number of benzene rings is 1. The van der Waals surface area contributed by atoms with E-state index in [1.54, 1.807) is 24.6 Å². The average molecular weight is 243 g/mol. The number of nitrogens with zero attached hydrogens (tertiary/aromatic N) is 1. The SMILES string of the molecule is CC(O)c1cc2cc(C(F)(F)F)ccc2n1C. The van der Waals surface area contributed by atoms with Gasteiger partial charge in [0.1, 0.15) is 0 Å². The maximum atomic E-state index is 12.5. The number of aromatic nitrogens is 1. The van der Waals surface area contributed by atoms with Crippen LogP contribution in [0, 0.1) is 0 Å². The summed E-state index contributed by atoms with van der Waals surface area (Å²) in [5, 5.41) is 9.98. The maximum Gasteiger partial charge on any atom is 0.416 e. The van der Waals surface area contributed by atoms with Gasteiger partial charge in [-0.3, -0.25) is 0 Å². The van der Waals surface area contributed by atoms with Crippen LogP contribution in [-0.4, -0.2) is 9.67 Å². The fourth-order valence-corrected chi connectivity index (χ4v) is 1.95. The second kappa shape index (κ2) is 3.77. The summed E-state index contributed by atoms with van der Waals surface area (Å²) in [6, 6.07) is 5.15. The summed E-state index contributed by atoms with van der Waals surface area (Å²) in [5.41, 5.74) is 0.598. The first-order valence-corrected chi connectivity index (χ1v) is 5.15. The van der Waals surface area contributed by atoms with E-state index >= 15 is 0 Å². The first-order chi connectivity index (χ1) is 7.80. The summed E-state index contributed by atoms with van der Waals surface area (Å²) in [6.45, 7) is 1.58. The number of fused-ring (bicyclic) bond motifs is 1. The number of rotatable bonds is 1. The zero-order valence-electron chi connectivity index (χ0n) is 9.42. The largest absolute Gasteiger partial charge is 0.416 e. The van der Waals surface area contributed by atoms with Crippen LogP contribution in [0.3, 0.4) is 0 Å². The van der Waals surface area contributed by atoms with Gasteiger partial charge in [-0.05, 0) is 31.2 Å². The number of hydrogen-bond acceptors (Lipinski definition) is 1. The summed E-state index contributed by atoms with van der Waals surface area (Å²) in [7, 11) is 1.72. The minimum atomic E-state index is -4.34. The van der Waals surface area contributed by atoms with Gasteiger partial charge in [-0.15, -0.1) is 0 Å². The van der Waals surface area contributed by atoms with E-state index in [1.807, 2.05) is 0 Å². The Bertz CT molecular complexity index is 555. The van der Waals surface area contributed by atoms with Crippen LogP contribution in [0.2, 0.25) is 0 Å². The first-order valence-electron chi connectivity index (χ1n) is 5.15. The van der Waals surface area contributed by atoms with Gasteiger partial charge in [-0.2, -0.15) is 13.2 Å². The Morgan fingerprint density at radius 2 is 1.88 bits per heavy atom. The summed E-state index contributed by atoms with van der Waals surface area (Å²) in [5.74, 6) is 0. The van der Waals surface area contributed by atoms with Gasteiger partial charge in [0.05, 0.1) is 11.7 Å². The van der Waals surface area contributed by atoms with E-state index in [-0.39, 0.29) is 0 Å². The van der Waals surface area contributed by atoms with E-state index in [0.717, 1.165) is 12.1 Å². The molecule has 17 heavy (non-hydrogen) atoms. The Balaban J connectivity index is 2.64. The highest BCUT2D eigenvalue weighted by Gasteiger charge is 2.30. The molecule has 0 amide bonds. The number of alkyl halides is 3. The Kier molecular flexibility index (Phi) is 2.66. The van der Waals surface area contributed by atoms with Gasteiger partial charge in [0.25, 0.3) is 0 Å². The summed E-state index contributed by atoms with van der Waals surface area (Å²) in [4.78, 5) is 0. The number of hydrogen-bond donors (Lipinski definition) is 1. The highest BCUT2D eigenvalue weighted by molar-refractivity contribution is 5.82. The molecule has 0 aliphatic rings. The molecule has 1 unspecified atom stereocenters. The molecule has 1 atom stereocenters. The van der Waals surface area contributed by atoms with E-state index in [1.165, 1.54) is 6.07 Å². The molecule has 92 valence electrons. The standard InChI is InChI=1S/C12H12F3NO/c1-7(17)11-6-8-5-9(12(13,14)15)3-4-10(8)16(11)2/h3-7,17H,1-2H3. The minimum Gasteiger partial charge on any atom is -0.387 e. The van der Waals surface area contributed by atoms with Crippen LogP contribution in [0.5, 0.6) is 0 Å². The van der Waals surface area contributed by atoms with Crippen molar-refractivity contribution in [1.29, 1.82) is 0 Å². The molecule has 0 saturated heterocycles. The third-order valence-electron chi connectivity index (χ3n) is 2.83. The van der Waals surface area contributed by atoms with Gasteiger partial charge < -0.3 is 9.67 Å². The van der Waals surface area contributed by atoms with Crippen LogP contribution in [0.15, 0.2) is 24.3 Å². The van der Waals surface area contributed by atoms with E-state index < -0.39 is 17.8 Å². The molecule has 2 nitrogen and oxygen atoms in total. The molecule has 1 aromatic heterocycles. The zero-order chi connectivity index (χ0) is 12.8. The minimum absolute atomic E-state index is 0.484. The van der Waals surface area contributed by atoms with Crippen molar-refractivity contribution in [2.24, 2.45) is 7.05 Å². The molecule has 2 aromatic rings. The quantitative estimate of drug-likeness (QED) is 0.817. The predicted molar refractivity (Wildman–Crippen MR) is 58.6 cm³/mol. The average Bonchev–Trinajstić information content (AvgIpc) is 2.54. The van der Waals surface area contributed by atoms with Crippen molar-refractivity contribution in [3.05, 3.63) is 35.5 Å². The first kappa shape index (κ1) is 12.0. The lowest BCUT2D eigenvalue weighted by atomic mass is 10.1. The van der Waals surface area contributed by atoms with E-state index in [2.05, 4.69) is 0 Å². The highest BCUT2D eigenvalue weighted by Crippen LogP contribution is 2.32. The van der Waals surface area contributed by atoms with E-state index in [9.17, 15) is 18.3 Å². The molecule has 0 aliphatic heterocycles. The molecule has 1 N–H and O–H groups in total. The second-order valence-electron chi connectivity index (χ2n) is 4.08. The third kappa shape index (κ3) is 2.02. The molecule has 5 heteroatoms. The fourth-order valence-electron chi connectivity index (χ4n) is 1.95. The molecule has 1 aromatic carbocycles. The fraction of sp³-hybridized carbons (Fsp3) is 0.333. The number of aryl methyl sites for hydroxylation is 1. The predicted octanol–water partition coefficient (Wildman–Crippen LogP) is 3.25. The zero-order valence-corrected chi connectivity index (χ0v) is 9.42. The maximum absolute atomic E-state index is 12.5. The van der Waals surface area contributed by atoms with Crippen molar-refractivity contribution in [3.8, 4) is 0 Å². The summed E-state index contributed by atoms with van der Waals surface area (Å²) < 4.78 is 39.3. The van der Waals surface area contributed by atoms with Crippen molar-refractivity contribution < 1.29 is 18.3 Å². The van der Waals surface area contributed by atoms with E-state index in [0.29, 0.717) is 16.6 Å². The van der Waals surface area contributed by atoms with Crippen molar-refractivity contribution in [3.63, 3.8) is 0 Å². The smallest absolute Gasteiger partial charge is 0.387 e. The molecular weight excluding hydrogens is 231 g/mol. The van der Waals surface area contributed by atoms with E-state index in [4.69, 9.17) is 0 Å². The Morgan fingerprint density at radius 3 is 2.41 bits per heavy atom. The molecule has 0 spiro atoms. The van der Waals surface area contributed by atoms with Crippen LogP contribution < -0.4 is 0 Å². The lowest BCUT2D eigenvalue weighted by molar-refractivity contribution is -0.137. The molecule has 2 rings (SSSR count). The Morgan fingerprint density at radius 1 is 1.24 bits per heavy atom. The lowest BCUT2D eigenvalue weighted by Gasteiger charge is -2.07. The van der Waals surface area contributed by atoms with Crippen LogP contribution in [0.1, 0.15) is 24.3 Å². The lowest BCUT2D eigenvalue weighted by Crippen LogP contribution is -2.04. The van der Waals surface area contributed by atoms with Crippen molar-refractivity contribution in [1.82, 2.24) is 4.57 Å². The second-order valence-corrected chi connectivity index (χ2v) is 4.08. The third-order valence-corrected chi connectivity index (χ3v) is 2.83. The monoisotopic (exact) mass is 243 g/mol.